The Labute approximate surface area is 109 Å². The van der Waals surface area contributed by atoms with Crippen molar-refractivity contribution in [1.29, 1.82) is 0 Å². The molecule has 0 aliphatic carbocycles. The van der Waals surface area contributed by atoms with Crippen molar-refractivity contribution in [2.24, 2.45) is 0 Å². The number of amides is 1. The van der Waals surface area contributed by atoms with Crippen LogP contribution in [0.2, 0.25) is 5.02 Å². The fourth-order valence-corrected chi connectivity index (χ4v) is 1.64. The van der Waals surface area contributed by atoms with Crippen LogP contribution >= 0.6 is 11.6 Å². The summed E-state index contributed by atoms with van der Waals surface area (Å²) in [6.07, 6.45) is 0. The van der Waals surface area contributed by atoms with Gasteiger partial charge in [-0.2, -0.15) is 0 Å². The molecule has 1 rings (SSSR count). The number of benzene rings is 1. The number of halogens is 2. The maximum Gasteiger partial charge on any atom is 0.325 e. The fraction of sp³-hybridized carbons (Fsp3) is 0.333. The number of carbonyl (C=O) groups is 2. The van der Waals surface area contributed by atoms with Crippen LogP contribution < -0.4 is 0 Å². The molecule has 0 bridgehead atoms. The van der Waals surface area contributed by atoms with Crippen molar-refractivity contribution < 1.29 is 18.7 Å². The number of methoxy groups -OCH3 is 1. The second-order valence-electron chi connectivity index (χ2n) is 3.82. The summed E-state index contributed by atoms with van der Waals surface area (Å²) in [6.45, 7) is 1.33. The highest BCUT2D eigenvalue weighted by Gasteiger charge is 2.19. The largest absolute Gasteiger partial charge is 0.468 e. The van der Waals surface area contributed by atoms with E-state index in [4.69, 9.17) is 11.6 Å². The van der Waals surface area contributed by atoms with E-state index in [2.05, 4.69) is 4.74 Å². The number of ether oxygens (including phenoxy) is 1. The van der Waals surface area contributed by atoms with Crippen LogP contribution in [-0.2, 0) is 9.53 Å². The summed E-state index contributed by atoms with van der Waals surface area (Å²) in [6, 6.07) is 2.43. The van der Waals surface area contributed by atoms with Crippen LogP contribution in [0.1, 0.15) is 15.9 Å². The van der Waals surface area contributed by atoms with Gasteiger partial charge in [0.05, 0.1) is 17.7 Å². The normalized spacial score (nSPS) is 10.1. The minimum atomic E-state index is -0.561. The lowest BCUT2D eigenvalue weighted by atomic mass is 10.1. The molecule has 0 aliphatic rings. The monoisotopic (exact) mass is 273 g/mol. The fourth-order valence-electron chi connectivity index (χ4n) is 1.35. The minimum Gasteiger partial charge on any atom is -0.468 e. The number of esters is 1. The quantitative estimate of drug-likeness (QED) is 0.792. The summed E-state index contributed by atoms with van der Waals surface area (Å²) in [5, 5.41) is 0.149. The third-order valence-corrected chi connectivity index (χ3v) is 2.73. The van der Waals surface area contributed by atoms with E-state index >= 15 is 0 Å². The second-order valence-corrected chi connectivity index (χ2v) is 4.23. The first-order chi connectivity index (χ1) is 8.36. The van der Waals surface area contributed by atoms with E-state index in [1.807, 2.05) is 0 Å². The Bertz CT molecular complexity index is 490. The van der Waals surface area contributed by atoms with E-state index in [0.29, 0.717) is 5.56 Å². The number of likely N-dealkylation sites (N-methyl/N-ethyl adjacent to an activating group) is 1. The van der Waals surface area contributed by atoms with Crippen molar-refractivity contribution in [1.82, 2.24) is 4.90 Å². The molecule has 0 atom stereocenters. The smallest absolute Gasteiger partial charge is 0.325 e. The molecule has 1 aromatic rings. The lowest BCUT2D eigenvalue weighted by molar-refractivity contribution is -0.141. The summed E-state index contributed by atoms with van der Waals surface area (Å²) < 4.78 is 17.8. The lowest BCUT2D eigenvalue weighted by Gasteiger charge is -2.16. The molecule has 0 saturated carbocycles. The molecule has 98 valence electrons. The second kappa shape index (κ2) is 5.82. The topological polar surface area (TPSA) is 46.6 Å². The van der Waals surface area contributed by atoms with Crippen molar-refractivity contribution in [3.63, 3.8) is 0 Å². The van der Waals surface area contributed by atoms with Crippen LogP contribution in [-0.4, -0.2) is 37.5 Å². The van der Waals surface area contributed by atoms with Gasteiger partial charge in [0.25, 0.3) is 5.91 Å². The third kappa shape index (κ3) is 3.20. The molecule has 0 spiro atoms. The van der Waals surface area contributed by atoms with Crippen molar-refractivity contribution in [2.45, 2.75) is 6.92 Å². The summed E-state index contributed by atoms with van der Waals surface area (Å²) >= 11 is 5.88. The lowest BCUT2D eigenvalue weighted by Crippen LogP contribution is -2.32. The molecular formula is C12H13ClFNO3. The van der Waals surface area contributed by atoms with Crippen molar-refractivity contribution in [2.75, 3.05) is 20.7 Å². The van der Waals surface area contributed by atoms with Gasteiger partial charge in [-0.05, 0) is 24.6 Å². The van der Waals surface area contributed by atoms with Crippen LogP contribution in [0.3, 0.4) is 0 Å². The Kier molecular flexibility index (Phi) is 4.67. The van der Waals surface area contributed by atoms with Gasteiger partial charge in [-0.25, -0.2) is 4.39 Å². The van der Waals surface area contributed by atoms with E-state index in [0.717, 1.165) is 11.0 Å². The van der Waals surface area contributed by atoms with Gasteiger partial charge in [0, 0.05) is 7.05 Å². The number of rotatable bonds is 3. The molecule has 0 aromatic heterocycles. The van der Waals surface area contributed by atoms with Gasteiger partial charge in [0.1, 0.15) is 12.4 Å². The zero-order valence-electron chi connectivity index (χ0n) is 10.3. The summed E-state index contributed by atoms with van der Waals surface area (Å²) in [7, 11) is 2.63. The SMILES string of the molecule is COC(=O)CN(C)C(=O)c1cc(F)c(C)cc1Cl. The molecule has 6 heteroatoms. The number of hydrogen-bond acceptors (Lipinski definition) is 3. The van der Waals surface area contributed by atoms with E-state index < -0.39 is 17.7 Å². The van der Waals surface area contributed by atoms with Crippen LogP contribution in [0.25, 0.3) is 0 Å². The van der Waals surface area contributed by atoms with Crippen molar-refractivity contribution in [3.8, 4) is 0 Å². The van der Waals surface area contributed by atoms with Gasteiger partial charge >= 0.3 is 5.97 Å². The molecule has 0 aliphatic heterocycles. The van der Waals surface area contributed by atoms with E-state index in [1.54, 1.807) is 6.92 Å². The zero-order chi connectivity index (χ0) is 13.9. The minimum absolute atomic E-state index is 0.0196. The first-order valence-corrected chi connectivity index (χ1v) is 5.52. The highest BCUT2D eigenvalue weighted by molar-refractivity contribution is 6.33. The summed E-state index contributed by atoms with van der Waals surface area (Å²) in [5.74, 6) is -1.62. The van der Waals surface area contributed by atoms with Gasteiger partial charge < -0.3 is 9.64 Å². The molecular weight excluding hydrogens is 261 g/mol. The Morgan fingerprint density at radius 3 is 2.61 bits per heavy atom. The Morgan fingerprint density at radius 2 is 2.06 bits per heavy atom. The first-order valence-electron chi connectivity index (χ1n) is 5.14. The predicted molar refractivity (Wildman–Crippen MR) is 65.1 cm³/mol. The first kappa shape index (κ1) is 14.4. The standard InChI is InChI=1S/C12H13ClFNO3/c1-7-4-9(13)8(5-10(7)14)12(17)15(2)6-11(16)18-3/h4-5H,6H2,1-3H3. The molecule has 1 aromatic carbocycles. The predicted octanol–water partition coefficient (Wildman–Crippen LogP) is 2.03. The van der Waals surface area contributed by atoms with Crippen LogP contribution in [0.4, 0.5) is 4.39 Å². The highest BCUT2D eigenvalue weighted by atomic mass is 35.5. The van der Waals surface area contributed by atoms with Gasteiger partial charge in [-0.3, -0.25) is 9.59 Å². The molecule has 18 heavy (non-hydrogen) atoms. The Balaban J connectivity index is 2.97. The summed E-state index contributed by atoms with van der Waals surface area (Å²) in [5.41, 5.74) is 0.373. The average Bonchev–Trinajstić information content (AvgIpc) is 2.32. The number of hydrogen-bond donors (Lipinski definition) is 0. The molecule has 0 N–H and O–H groups in total. The van der Waals surface area contributed by atoms with Gasteiger partial charge in [-0.15, -0.1) is 0 Å². The van der Waals surface area contributed by atoms with Gasteiger partial charge in [-0.1, -0.05) is 11.6 Å². The van der Waals surface area contributed by atoms with E-state index in [1.165, 1.54) is 20.2 Å². The highest BCUT2D eigenvalue weighted by Crippen LogP contribution is 2.21. The van der Waals surface area contributed by atoms with Gasteiger partial charge in [0.2, 0.25) is 0 Å². The van der Waals surface area contributed by atoms with Crippen LogP contribution in [0.15, 0.2) is 12.1 Å². The van der Waals surface area contributed by atoms with E-state index in [-0.39, 0.29) is 17.1 Å². The molecule has 0 radical (unpaired) electrons. The Morgan fingerprint density at radius 1 is 1.44 bits per heavy atom. The van der Waals surface area contributed by atoms with Crippen molar-refractivity contribution in [3.05, 3.63) is 34.1 Å². The van der Waals surface area contributed by atoms with E-state index in [9.17, 15) is 14.0 Å². The molecule has 4 nitrogen and oxygen atoms in total. The molecule has 0 saturated heterocycles. The molecule has 0 unspecified atom stereocenters. The summed E-state index contributed by atoms with van der Waals surface area (Å²) in [4.78, 5) is 24.1. The number of carbonyl (C=O) groups excluding carboxylic acids is 2. The van der Waals surface area contributed by atoms with Crippen LogP contribution in [0.5, 0.6) is 0 Å². The number of nitrogens with zero attached hydrogens (tertiary/aromatic N) is 1. The molecule has 0 heterocycles. The van der Waals surface area contributed by atoms with Crippen LogP contribution in [0, 0.1) is 12.7 Å². The van der Waals surface area contributed by atoms with Gasteiger partial charge in [0.15, 0.2) is 0 Å². The molecule has 1 amide bonds. The Hall–Kier alpha value is -1.62. The number of aryl methyl sites for hydroxylation is 1. The maximum atomic E-state index is 13.4. The maximum absolute atomic E-state index is 13.4. The third-order valence-electron chi connectivity index (χ3n) is 2.42. The van der Waals surface area contributed by atoms with Crippen molar-refractivity contribution >= 4 is 23.5 Å². The zero-order valence-corrected chi connectivity index (χ0v) is 11.0. The molecule has 0 fully saturated rings. The average molecular weight is 274 g/mol.